The summed E-state index contributed by atoms with van der Waals surface area (Å²) < 4.78 is 10.7. The standard InChI is InChI=1S/C16H24O5Si/c1-7-20-15(19)14(18)12-9-8-11(10-13(12)17)21-22(5,6)16(2,3)4/h8-10,17H,7H2,1-6H3. The van der Waals surface area contributed by atoms with Crippen LogP contribution in [0.25, 0.3) is 0 Å². The number of Topliss-reactive ketones (excluding diaryl/α,β-unsaturated/α-hetero) is 1. The van der Waals surface area contributed by atoms with Gasteiger partial charge in [-0.25, -0.2) is 4.79 Å². The van der Waals surface area contributed by atoms with E-state index in [0.717, 1.165) is 0 Å². The van der Waals surface area contributed by atoms with Gasteiger partial charge in [0.1, 0.15) is 11.5 Å². The largest absolute Gasteiger partial charge is 0.543 e. The molecular weight excluding hydrogens is 300 g/mol. The van der Waals surface area contributed by atoms with Crippen molar-refractivity contribution in [3.63, 3.8) is 0 Å². The van der Waals surface area contributed by atoms with Crippen molar-refractivity contribution in [2.45, 2.75) is 45.8 Å². The van der Waals surface area contributed by atoms with Crippen molar-refractivity contribution in [2.75, 3.05) is 6.61 Å². The van der Waals surface area contributed by atoms with Crippen molar-refractivity contribution in [3.05, 3.63) is 23.8 Å². The van der Waals surface area contributed by atoms with Crippen LogP contribution >= 0.6 is 0 Å². The molecule has 0 aliphatic carbocycles. The number of rotatable bonds is 5. The lowest BCUT2D eigenvalue weighted by Gasteiger charge is -2.36. The first-order valence-electron chi connectivity index (χ1n) is 7.23. The minimum atomic E-state index is -2.04. The van der Waals surface area contributed by atoms with Crippen LogP contribution in [0, 0.1) is 0 Å². The molecule has 0 saturated carbocycles. The molecule has 0 heterocycles. The van der Waals surface area contributed by atoms with Gasteiger partial charge in [0, 0.05) is 6.07 Å². The Labute approximate surface area is 132 Å². The van der Waals surface area contributed by atoms with Crippen LogP contribution in [0.3, 0.4) is 0 Å². The number of aromatic hydroxyl groups is 1. The molecule has 1 aromatic carbocycles. The summed E-state index contributed by atoms with van der Waals surface area (Å²) in [4.78, 5) is 23.3. The molecule has 0 aromatic heterocycles. The topological polar surface area (TPSA) is 72.8 Å². The molecule has 5 nitrogen and oxygen atoms in total. The molecule has 122 valence electrons. The molecule has 0 unspecified atom stereocenters. The maximum atomic E-state index is 11.8. The van der Waals surface area contributed by atoms with E-state index in [9.17, 15) is 14.7 Å². The first-order valence-corrected chi connectivity index (χ1v) is 10.1. The summed E-state index contributed by atoms with van der Waals surface area (Å²) in [6.07, 6.45) is 0. The van der Waals surface area contributed by atoms with Gasteiger partial charge < -0.3 is 14.3 Å². The summed E-state index contributed by atoms with van der Waals surface area (Å²) in [5.74, 6) is -1.63. The molecule has 0 aliphatic heterocycles. The van der Waals surface area contributed by atoms with Crippen LogP contribution in [-0.2, 0) is 9.53 Å². The van der Waals surface area contributed by atoms with Crippen LogP contribution in [0.2, 0.25) is 18.1 Å². The van der Waals surface area contributed by atoms with E-state index >= 15 is 0 Å². The number of ketones is 1. The second-order valence-corrected chi connectivity index (χ2v) is 11.3. The van der Waals surface area contributed by atoms with Crippen LogP contribution in [0.1, 0.15) is 38.1 Å². The summed E-state index contributed by atoms with van der Waals surface area (Å²) in [6, 6.07) is 4.34. The van der Waals surface area contributed by atoms with Gasteiger partial charge in [0.25, 0.3) is 5.78 Å². The number of ether oxygens (including phenoxy) is 1. The molecule has 0 saturated heterocycles. The van der Waals surface area contributed by atoms with Crippen LogP contribution in [-0.4, -0.2) is 31.8 Å². The summed E-state index contributed by atoms with van der Waals surface area (Å²) in [5.41, 5.74) is -0.0824. The van der Waals surface area contributed by atoms with Crippen molar-refractivity contribution in [3.8, 4) is 11.5 Å². The zero-order valence-corrected chi connectivity index (χ0v) is 15.0. The Kier molecular flexibility index (Phi) is 5.40. The second-order valence-electron chi connectivity index (χ2n) is 6.59. The van der Waals surface area contributed by atoms with Crippen LogP contribution < -0.4 is 4.43 Å². The van der Waals surface area contributed by atoms with Gasteiger partial charge in [-0.3, -0.25) is 4.79 Å². The van der Waals surface area contributed by atoms with Gasteiger partial charge in [-0.2, -0.15) is 0 Å². The van der Waals surface area contributed by atoms with Gasteiger partial charge in [0.15, 0.2) is 0 Å². The number of benzene rings is 1. The number of carbonyl (C=O) groups excluding carboxylic acids is 2. The van der Waals surface area contributed by atoms with Gasteiger partial charge in [0.05, 0.1) is 12.2 Å². The Hall–Kier alpha value is -1.82. The summed E-state index contributed by atoms with van der Waals surface area (Å²) in [7, 11) is -2.04. The Morgan fingerprint density at radius 1 is 1.23 bits per heavy atom. The Bertz CT molecular complexity index is 572. The minimum absolute atomic E-state index is 0.0159. The third-order valence-electron chi connectivity index (χ3n) is 3.85. The van der Waals surface area contributed by atoms with Gasteiger partial charge in [-0.1, -0.05) is 20.8 Å². The first-order chi connectivity index (χ1) is 9.99. The van der Waals surface area contributed by atoms with E-state index in [0.29, 0.717) is 5.75 Å². The van der Waals surface area contributed by atoms with Gasteiger partial charge in [-0.05, 0) is 37.2 Å². The quantitative estimate of drug-likeness (QED) is 0.388. The van der Waals surface area contributed by atoms with Crippen molar-refractivity contribution in [2.24, 2.45) is 0 Å². The van der Waals surface area contributed by atoms with Gasteiger partial charge >= 0.3 is 5.97 Å². The zero-order valence-electron chi connectivity index (χ0n) is 14.0. The average molecular weight is 324 g/mol. The third kappa shape index (κ3) is 4.10. The predicted molar refractivity (Wildman–Crippen MR) is 86.9 cm³/mol. The number of hydrogen-bond acceptors (Lipinski definition) is 5. The Morgan fingerprint density at radius 3 is 2.27 bits per heavy atom. The number of carbonyl (C=O) groups is 2. The molecular formula is C16H24O5Si. The molecule has 0 atom stereocenters. The maximum absolute atomic E-state index is 11.8. The number of esters is 1. The molecule has 6 heteroatoms. The lowest BCUT2D eigenvalue weighted by atomic mass is 10.1. The predicted octanol–water partition coefficient (Wildman–Crippen LogP) is 3.52. The fourth-order valence-corrected chi connectivity index (χ4v) is 2.54. The highest BCUT2D eigenvalue weighted by Crippen LogP contribution is 2.38. The van der Waals surface area contributed by atoms with Crippen LogP contribution in [0.4, 0.5) is 0 Å². The lowest BCUT2D eigenvalue weighted by molar-refractivity contribution is -0.137. The molecule has 0 spiro atoms. The van der Waals surface area contributed by atoms with Crippen molar-refractivity contribution >= 4 is 20.1 Å². The van der Waals surface area contributed by atoms with Crippen molar-refractivity contribution in [1.29, 1.82) is 0 Å². The van der Waals surface area contributed by atoms with E-state index in [1.165, 1.54) is 12.1 Å². The monoisotopic (exact) mass is 324 g/mol. The summed E-state index contributed by atoms with van der Waals surface area (Å²) in [6.45, 7) is 12.2. The molecule has 0 radical (unpaired) electrons. The Morgan fingerprint density at radius 2 is 1.82 bits per heavy atom. The molecule has 1 aromatic rings. The number of phenols is 1. The van der Waals surface area contributed by atoms with Gasteiger partial charge in [0.2, 0.25) is 8.32 Å². The Balaban J connectivity index is 3.00. The van der Waals surface area contributed by atoms with E-state index < -0.39 is 20.1 Å². The van der Waals surface area contributed by atoms with Crippen LogP contribution in [0.15, 0.2) is 18.2 Å². The van der Waals surface area contributed by atoms with E-state index in [2.05, 4.69) is 38.6 Å². The first kappa shape index (κ1) is 18.2. The van der Waals surface area contributed by atoms with E-state index in [4.69, 9.17) is 4.43 Å². The fourth-order valence-electron chi connectivity index (χ4n) is 1.52. The molecule has 0 aliphatic rings. The molecule has 1 rings (SSSR count). The van der Waals surface area contributed by atoms with Crippen molar-refractivity contribution in [1.82, 2.24) is 0 Å². The maximum Gasteiger partial charge on any atom is 0.379 e. The van der Waals surface area contributed by atoms with E-state index in [1.807, 2.05) is 0 Å². The second kappa shape index (κ2) is 6.52. The molecule has 1 N–H and O–H groups in total. The highest BCUT2D eigenvalue weighted by molar-refractivity contribution is 6.74. The average Bonchev–Trinajstić information content (AvgIpc) is 2.36. The molecule has 0 bridgehead atoms. The number of phenolic OH excluding ortho intramolecular Hbond substituents is 1. The molecule has 0 amide bonds. The summed E-state index contributed by atoms with van der Waals surface area (Å²) >= 11 is 0. The third-order valence-corrected chi connectivity index (χ3v) is 8.21. The SMILES string of the molecule is CCOC(=O)C(=O)c1ccc(O[Si](C)(C)C(C)(C)C)cc1O. The van der Waals surface area contributed by atoms with Crippen molar-refractivity contribution < 1.29 is 23.9 Å². The number of hydrogen-bond donors (Lipinski definition) is 1. The minimum Gasteiger partial charge on any atom is -0.543 e. The van der Waals surface area contributed by atoms with Gasteiger partial charge in [-0.15, -0.1) is 0 Å². The highest BCUT2D eigenvalue weighted by atomic mass is 28.4. The molecule has 0 fully saturated rings. The molecule has 22 heavy (non-hydrogen) atoms. The lowest BCUT2D eigenvalue weighted by Crippen LogP contribution is -2.43. The van der Waals surface area contributed by atoms with E-state index in [1.54, 1.807) is 13.0 Å². The van der Waals surface area contributed by atoms with E-state index in [-0.39, 0.29) is 23.0 Å². The fraction of sp³-hybridized carbons (Fsp3) is 0.500. The highest BCUT2D eigenvalue weighted by Gasteiger charge is 2.39. The zero-order chi connectivity index (χ0) is 17.1. The van der Waals surface area contributed by atoms with Crippen LogP contribution in [0.5, 0.6) is 11.5 Å². The summed E-state index contributed by atoms with van der Waals surface area (Å²) in [5, 5.41) is 10.0. The smallest absolute Gasteiger partial charge is 0.379 e. The normalized spacial score (nSPS) is 11.9.